The second-order valence-electron chi connectivity index (χ2n) is 26.3. The molecule has 0 aliphatic heterocycles. The largest absolute Gasteiger partial charge is 0.0850 e. The molecule has 20 atom stereocenters. The van der Waals surface area contributed by atoms with Crippen LogP contribution in [0.1, 0.15) is 266 Å². The van der Waals surface area contributed by atoms with Crippen molar-refractivity contribution in [1.82, 2.24) is 0 Å². The van der Waals surface area contributed by atoms with E-state index in [1.54, 1.807) is 161 Å². The molecule has 0 saturated heterocycles. The first kappa shape index (κ1) is 47.8. The van der Waals surface area contributed by atoms with Gasteiger partial charge >= 0.3 is 0 Å². The molecule has 0 heterocycles. The van der Waals surface area contributed by atoms with Gasteiger partial charge in [0.05, 0.1) is 0 Å². The smallest absolute Gasteiger partial charge is 0.0286 e. The Morgan fingerprint density at radius 2 is 1.03 bits per heavy atom. The minimum atomic E-state index is 0.964. The van der Waals surface area contributed by atoms with Gasteiger partial charge in [-0.05, 0) is 208 Å². The predicted octanol–water partition coefficient (Wildman–Crippen LogP) is 19.5. The summed E-state index contributed by atoms with van der Waals surface area (Å²) < 4.78 is 0. The quantitative estimate of drug-likeness (QED) is 0.136. The van der Waals surface area contributed by atoms with Gasteiger partial charge in [-0.2, -0.15) is 0 Å². The second kappa shape index (κ2) is 22.9. The van der Waals surface area contributed by atoms with Gasteiger partial charge in [0.1, 0.15) is 0 Å². The first-order valence-corrected chi connectivity index (χ1v) is 30.7. The zero-order valence-electron chi connectivity index (χ0n) is 43.1. The Kier molecular flexibility index (Phi) is 17.4. The lowest BCUT2D eigenvalue weighted by Gasteiger charge is -2.57. The molecular weight excluding hydrogens is 757 g/mol. The Hall–Kier alpha value is -0.260. The molecule has 9 rings (SSSR count). The Balaban J connectivity index is 1.03. The van der Waals surface area contributed by atoms with Crippen LogP contribution in [0.3, 0.4) is 0 Å². The molecule has 0 N–H and O–H groups in total. The van der Waals surface area contributed by atoms with E-state index >= 15 is 0 Å². The van der Waals surface area contributed by atoms with E-state index in [1.165, 1.54) is 70.6 Å². The van der Waals surface area contributed by atoms with Crippen LogP contribution in [0.15, 0.2) is 11.6 Å². The first-order valence-electron chi connectivity index (χ1n) is 30.7. The predicted molar refractivity (Wildman–Crippen MR) is 272 cm³/mol. The number of fused-ring (bicyclic) bond motifs is 4. The number of unbranched alkanes of at least 4 members (excludes halogenated alkanes) is 1. The van der Waals surface area contributed by atoms with E-state index in [0.717, 1.165) is 118 Å². The van der Waals surface area contributed by atoms with Gasteiger partial charge < -0.3 is 0 Å². The highest BCUT2D eigenvalue weighted by atomic mass is 14.6. The molecule has 9 aliphatic rings. The minimum absolute atomic E-state index is 0.964. The third-order valence-electron chi connectivity index (χ3n) is 23.9. The maximum Gasteiger partial charge on any atom is -0.0286 e. The summed E-state index contributed by atoms with van der Waals surface area (Å²) in [5, 5.41) is 0. The van der Waals surface area contributed by atoms with Crippen molar-refractivity contribution in [1.29, 1.82) is 0 Å². The number of rotatable bonds is 16. The highest BCUT2D eigenvalue weighted by Crippen LogP contribution is 2.64. The summed E-state index contributed by atoms with van der Waals surface area (Å²) in [4.78, 5) is 0. The molecule has 360 valence electrons. The lowest BCUT2D eigenvalue weighted by atomic mass is 9.48. The fourth-order valence-electron chi connectivity index (χ4n) is 21.2. The summed E-state index contributed by atoms with van der Waals surface area (Å²) in [5.74, 6) is 20.7. The van der Waals surface area contributed by atoms with Crippen molar-refractivity contribution in [3.63, 3.8) is 0 Å². The van der Waals surface area contributed by atoms with Gasteiger partial charge in [0.2, 0.25) is 0 Å². The van der Waals surface area contributed by atoms with Gasteiger partial charge in [-0.1, -0.05) is 188 Å². The molecule has 63 heavy (non-hydrogen) atoms. The zero-order chi connectivity index (χ0) is 43.3. The summed E-state index contributed by atoms with van der Waals surface area (Å²) in [6.45, 7) is 13.1. The first-order chi connectivity index (χ1) is 31.0. The van der Waals surface area contributed by atoms with Crippen molar-refractivity contribution in [2.45, 2.75) is 266 Å². The van der Waals surface area contributed by atoms with E-state index in [2.05, 4.69) is 40.7 Å². The van der Waals surface area contributed by atoms with Gasteiger partial charge in [0, 0.05) is 0 Å². The van der Waals surface area contributed by atoms with Crippen LogP contribution < -0.4 is 0 Å². The second-order valence-corrected chi connectivity index (χ2v) is 26.3. The van der Waals surface area contributed by atoms with E-state index in [-0.39, 0.29) is 0 Å². The highest BCUT2D eigenvalue weighted by Gasteiger charge is 2.56. The lowest BCUT2D eigenvalue weighted by Crippen LogP contribution is -2.50. The van der Waals surface area contributed by atoms with Crippen LogP contribution >= 0.6 is 0 Å². The topological polar surface area (TPSA) is 0 Å². The maximum atomic E-state index is 3.08. The van der Waals surface area contributed by atoms with E-state index in [0.29, 0.717) is 0 Å². The maximum absolute atomic E-state index is 3.08. The van der Waals surface area contributed by atoms with Gasteiger partial charge in [0.25, 0.3) is 0 Å². The molecule has 9 fully saturated rings. The van der Waals surface area contributed by atoms with E-state index in [4.69, 9.17) is 0 Å². The van der Waals surface area contributed by atoms with Crippen molar-refractivity contribution in [2.24, 2.45) is 118 Å². The number of allylic oxidation sites excluding steroid dienone is 2. The Morgan fingerprint density at radius 3 is 1.68 bits per heavy atom. The zero-order valence-corrected chi connectivity index (χ0v) is 43.1. The summed E-state index contributed by atoms with van der Waals surface area (Å²) in [5.41, 5.74) is 1.96. The standard InChI is InChI=1S/C63H108/c1-6-10-23-45(8-3)60-42-49(62(58-32-18-17-31-54(58)60)56-34-19-27-47-25-13-15-29-51(47)56)38-37-44(7-2)41-61-50(9-4)63(57-35-20-28-48-26-14-16-30-52(48)57)59-36-21-33-53(59)55(61)40-39-46-24-12-11-22-43(46)5/h37,43,45-63H,6-36,38-42H2,1-5H3/b44-37+. The molecule has 0 nitrogen and oxygen atoms in total. The summed E-state index contributed by atoms with van der Waals surface area (Å²) >= 11 is 0. The van der Waals surface area contributed by atoms with Crippen molar-refractivity contribution in [3.8, 4) is 0 Å². The molecule has 0 heteroatoms. The van der Waals surface area contributed by atoms with Gasteiger partial charge in [0.15, 0.2) is 0 Å². The minimum Gasteiger partial charge on any atom is -0.0850 e. The van der Waals surface area contributed by atoms with Gasteiger partial charge in [-0.15, -0.1) is 0 Å². The molecule has 0 spiro atoms. The molecule has 9 aliphatic carbocycles. The molecule has 0 amide bonds. The van der Waals surface area contributed by atoms with Crippen molar-refractivity contribution >= 4 is 0 Å². The molecule has 9 saturated carbocycles. The molecule has 0 aromatic carbocycles. The van der Waals surface area contributed by atoms with Crippen molar-refractivity contribution in [2.75, 3.05) is 0 Å². The fraction of sp³-hybridized carbons (Fsp3) is 0.968. The summed E-state index contributed by atoms with van der Waals surface area (Å²) in [6, 6.07) is 0. The van der Waals surface area contributed by atoms with Crippen LogP contribution in [-0.2, 0) is 0 Å². The number of hydrogen-bond acceptors (Lipinski definition) is 0. The monoisotopic (exact) mass is 865 g/mol. The van der Waals surface area contributed by atoms with Crippen LogP contribution in [0.5, 0.6) is 0 Å². The van der Waals surface area contributed by atoms with Gasteiger partial charge in [-0.3, -0.25) is 0 Å². The van der Waals surface area contributed by atoms with Crippen LogP contribution in [0.4, 0.5) is 0 Å². The highest BCUT2D eigenvalue weighted by molar-refractivity contribution is 5.11. The fourth-order valence-corrected chi connectivity index (χ4v) is 21.2. The van der Waals surface area contributed by atoms with Crippen LogP contribution in [0.25, 0.3) is 0 Å². The Morgan fingerprint density at radius 1 is 0.492 bits per heavy atom. The molecule has 0 aromatic heterocycles. The normalized spacial score (nSPS) is 46.3. The van der Waals surface area contributed by atoms with E-state index in [9.17, 15) is 0 Å². The average molecular weight is 866 g/mol. The third-order valence-corrected chi connectivity index (χ3v) is 23.9. The van der Waals surface area contributed by atoms with Crippen LogP contribution in [0.2, 0.25) is 0 Å². The summed E-state index contributed by atoms with van der Waals surface area (Å²) in [6.07, 6.45) is 58.6. The molecule has 0 radical (unpaired) electrons. The molecule has 20 unspecified atom stereocenters. The van der Waals surface area contributed by atoms with Crippen molar-refractivity contribution < 1.29 is 0 Å². The van der Waals surface area contributed by atoms with Gasteiger partial charge in [-0.25, -0.2) is 0 Å². The van der Waals surface area contributed by atoms with E-state index in [1.807, 2.05) is 5.57 Å². The molecule has 0 aromatic rings. The van der Waals surface area contributed by atoms with Crippen LogP contribution in [-0.4, -0.2) is 0 Å². The summed E-state index contributed by atoms with van der Waals surface area (Å²) in [7, 11) is 0. The third kappa shape index (κ3) is 10.4. The van der Waals surface area contributed by atoms with E-state index < -0.39 is 0 Å². The average Bonchev–Trinajstić information content (AvgIpc) is 3.82. The lowest BCUT2D eigenvalue weighted by molar-refractivity contribution is -0.0788. The molecular formula is C63H108. The molecule has 0 bridgehead atoms. The van der Waals surface area contributed by atoms with Crippen LogP contribution in [0, 0.1) is 118 Å². The van der Waals surface area contributed by atoms with Crippen molar-refractivity contribution in [3.05, 3.63) is 11.6 Å². The number of hydrogen-bond donors (Lipinski definition) is 0. The Labute approximate surface area is 394 Å². The SMILES string of the molecule is CCCCC(CC)C1CC(C/C=C(\CC)CC2C(CCC3CCCCC3C)C3CCCC3C(C3CCCC4CCCCC43)C2CC)C(C2CCCC3CCCCC32)C2CCCCC12. The Bertz CT molecular complexity index is 1380.